The van der Waals surface area contributed by atoms with Gasteiger partial charge in [0.05, 0.1) is 34.4 Å². The van der Waals surface area contributed by atoms with Crippen molar-refractivity contribution in [2.24, 2.45) is 0 Å². The summed E-state index contributed by atoms with van der Waals surface area (Å²) in [6, 6.07) is -0.613. The lowest BCUT2D eigenvalue weighted by Crippen LogP contribution is -2.50. The van der Waals surface area contributed by atoms with Gasteiger partial charge in [-0.1, -0.05) is 128 Å². The maximum atomic E-state index is 12.6. The molecule has 0 heterocycles. The molecular weight excluding hydrogens is 606 g/mol. The first-order valence-corrected chi connectivity index (χ1v) is 19.4. The molecule has 0 fully saturated rings. The van der Waals surface area contributed by atoms with Crippen LogP contribution in [0.5, 0.6) is 0 Å². The van der Waals surface area contributed by atoms with Crippen molar-refractivity contribution in [2.45, 2.75) is 174 Å². The lowest BCUT2D eigenvalue weighted by Gasteiger charge is -2.31. The number of aliphatic carboxylic acids is 1. The minimum absolute atomic E-state index is 0.0535. The van der Waals surface area contributed by atoms with Crippen molar-refractivity contribution < 1.29 is 38.2 Å². The molecule has 0 saturated carbocycles. The van der Waals surface area contributed by atoms with Gasteiger partial charge in [0.1, 0.15) is 6.61 Å². The Balaban J connectivity index is 4.44. The molecule has 0 radical (unpaired) electrons. The summed E-state index contributed by atoms with van der Waals surface area (Å²) in [6.45, 7) is 4.66. The number of quaternary nitrogens is 1. The molecule has 2 atom stereocenters. The Hall–Kier alpha value is -2.19. The van der Waals surface area contributed by atoms with Crippen LogP contribution in [0.15, 0.2) is 24.3 Å². The van der Waals surface area contributed by atoms with E-state index in [0.717, 1.165) is 64.2 Å². The van der Waals surface area contributed by atoms with Crippen LogP contribution in [-0.4, -0.2) is 80.6 Å². The minimum atomic E-state index is -0.878. The van der Waals surface area contributed by atoms with Gasteiger partial charge in [0.2, 0.25) is 0 Å². The fraction of sp³-hybridized carbons (Fsp3) is 0.825. The standard InChI is InChI=1S/C40H73NO7/c1-6-8-10-12-14-16-18-19-20-21-23-25-27-29-31-39(43)48-36(34-46-33-32-37(40(44)45)41(3,4)5)35-47-38(42)30-28-26-24-22-17-15-13-11-9-7-2/h12,14,18-19,36-37H,6-11,13,15-17,20-35H2,1-5H3/p+1/b14-12-,19-18-. The third-order valence-electron chi connectivity index (χ3n) is 8.60. The fourth-order valence-corrected chi connectivity index (χ4v) is 5.52. The molecule has 0 aliphatic rings. The van der Waals surface area contributed by atoms with E-state index >= 15 is 0 Å². The lowest BCUT2D eigenvalue weighted by atomic mass is 10.1. The highest BCUT2D eigenvalue weighted by atomic mass is 16.6. The molecule has 0 amide bonds. The van der Waals surface area contributed by atoms with Gasteiger partial charge < -0.3 is 23.8 Å². The number of carbonyl (C=O) groups is 3. The molecule has 0 aliphatic heterocycles. The molecule has 0 aromatic rings. The maximum absolute atomic E-state index is 12.6. The van der Waals surface area contributed by atoms with Gasteiger partial charge in [0.15, 0.2) is 12.1 Å². The van der Waals surface area contributed by atoms with Crippen LogP contribution in [0.25, 0.3) is 0 Å². The summed E-state index contributed by atoms with van der Waals surface area (Å²) in [4.78, 5) is 36.7. The Bertz CT molecular complexity index is 849. The van der Waals surface area contributed by atoms with Crippen LogP contribution in [0.3, 0.4) is 0 Å². The number of unbranched alkanes of at least 4 members (excludes halogenated alkanes) is 16. The van der Waals surface area contributed by atoms with Gasteiger partial charge >= 0.3 is 17.9 Å². The molecule has 0 saturated heterocycles. The maximum Gasteiger partial charge on any atom is 0.362 e. The highest BCUT2D eigenvalue weighted by molar-refractivity contribution is 5.72. The van der Waals surface area contributed by atoms with Crippen LogP contribution < -0.4 is 0 Å². The number of hydrogen-bond donors (Lipinski definition) is 1. The van der Waals surface area contributed by atoms with Gasteiger partial charge in [-0.2, -0.15) is 0 Å². The van der Waals surface area contributed by atoms with Gasteiger partial charge in [0, 0.05) is 19.3 Å². The predicted molar refractivity (Wildman–Crippen MR) is 197 cm³/mol. The summed E-state index contributed by atoms with van der Waals surface area (Å²) in [5.74, 6) is -1.49. The first-order valence-electron chi connectivity index (χ1n) is 19.4. The molecule has 2 unspecified atom stereocenters. The molecule has 0 aliphatic carbocycles. The van der Waals surface area contributed by atoms with Crippen molar-refractivity contribution in [3.63, 3.8) is 0 Å². The second kappa shape index (κ2) is 32.0. The molecule has 8 heteroatoms. The molecule has 0 rings (SSSR count). The Labute approximate surface area is 294 Å². The summed E-state index contributed by atoms with van der Waals surface area (Å²) in [5.41, 5.74) is 0. The lowest BCUT2D eigenvalue weighted by molar-refractivity contribution is -0.887. The summed E-state index contributed by atoms with van der Waals surface area (Å²) in [6.07, 6.45) is 32.1. The zero-order valence-electron chi connectivity index (χ0n) is 31.7. The fourth-order valence-electron chi connectivity index (χ4n) is 5.52. The average Bonchev–Trinajstić information content (AvgIpc) is 3.03. The van der Waals surface area contributed by atoms with E-state index in [1.54, 1.807) is 0 Å². The quantitative estimate of drug-likeness (QED) is 0.0313. The molecule has 0 aromatic heterocycles. The van der Waals surface area contributed by atoms with Crippen molar-refractivity contribution >= 4 is 17.9 Å². The van der Waals surface area contributed by atoms with Crippen molar-refractivity contribution in [2.75, 3.05) is 41.0 Å². The highest BCUT2D eigenvalue weighted by Gasteiger charge is 2.31. The summed E-state index contributed by atoms with van der Waals surface area (Å²) >= 11 is 0. The van der Waals surface area contributed by atoms with E-state index in [-0.39, 0.29) is 36.2 Å². The zero-order chi connectivity index (χ0) is 35.7. The van der Waals surface area contributed by atoms with E-state index < -0.39 is 18.1 Å². The normalized spacial score (nSPS) is 13.3. The van der Waals surface area contributed by atoms with Crippen molar-refractivity contribution in [1.82, 2.24) is 0 Å². The van der Waals surface area contributed by atoms with E-state index in [1.165, 1.54) is 64.2 Å². The minimum Gasteiger partial charge on any atom is -0.477 e. The Kier molecular flexibility index (Phi) is 30.6. The number of nitrogens with zero attached hydrogens (tertiary/aromatic N) is 1. The summed E-state index contributed by atoms with van der Waals surface area (Å²) < 4.78 is 17.2. The number of ether oxygens (including phenoxy) is 3. The molecular formula is C40H74NO7+. The predicted octanol–water partition coefficient (Wildman–Crippen LogP) is 9.74. The third kappa shape index (κ3) is 29.9. The Morgan fingerprint density at radius 1 is 0.625 bits per heavy atom. The number of carbonyl (C=O) groups excluding carboxylic acids is 2. The average molecular weight is 681 g/mol. The molecule has 48 heavy (non-hydrogen) atoms. The van der Waals surface area contributed by atoms with Gasteiger partial charge in [0.25, 0.3) is 0 Å². The van der Waals surface area contributed by atoms with Crippen LogP contribution in [0, 0.1) is 0 Å². The smallest absolute Gasteiger partial charge is 0.362 e. The van der Waals surface area contributed by atoms with Crippen molar-refractivity contribution in [1.29, 1.82) is 0 Å². The molecule has 0 bridgehead atoms. The number of likely N-dealkylation sites (N-methyl/N-ethyl adjacent to an activating group) is 1. The van der Waals surface area contributed by atoms with Gasteiger partial charge in [-0.15, -0.1) is 0 Å². The Morgan fingerprint density at radius 3 is 1.67 bits per heavy atom. The van der Waals surface area contributed by atoms with Gasteiger partial charge in [-0.05, 0) is 38.5 Å². The zero-order valence-corrected chi connectivity index (χ0v) is 31.7. The number of carboxylic acids is 1. The third-order valence-corrected chi connectivity index (χ3v) is 8.60. The summed E-state index contributed by atoms with van der Waals surface area (Å²) in [5, 5.41) is 9.57. The van der Waals surface area contributed by atoms with E-state index in [4.69, 9.17) is 14.2 Å². The van der Waals surface area contributed by atoms with E-state index in [2.05, 4.69) is 38.2 Å². The first-order chi connectivity index (χ1) is 23.1. The molecule has 280 valence electrons. The SMILES string of the molecule is CCCC/C=C\C/C=C\CCCCCCCC(=O)OC(COCCC(C(=O)O)[N+](C)(C)C)COC(=O)CCCCCCCCCCCC. The highest BCUT2D eigenvalue weighted by Crippen LogP contribution is 2.13. The van der Waals surface area contributed by atoms with E-state index in [0.29, 0.717) is 19.3 Å². The largest absolute Gasteiger partial charge is 0.477 e. The first kappa shape index (κ1) is 45.8. The number of rotatable bonds is 34. The van der Waals surface area contributed by atoms with Gasteiger partial charge in [-0.25, -0.2) is 4.79 Å². The van der Waals surface area contributed by atoms with Crippen LogP contribution in [0.1, 0.15) is 162 Å². The second-order valence-corrected chi connectivity index (χ2v) is 14.2. The number of allylic oxidation sites excluding steroid dienone is 4. The number of carboxylic acid groups (broad SMARTS) is 1. The Morgan fingerprint density at radius 2 is 1.12 bits per heavy atom. The van der Waals surface area contributed by atoms with E-state index in [1.807, 2.05) is 21.1 Å². The number of esters is 2. The molecule has 0 spiro atoms. The number of hydrogen-bond acceptors (Lipinski definition) is 6. The van der Waals surface area contributed by atoms with Crippen LogP contribution in [-0.2, 0) is 28.6 Å². The topological polar surface area (TPSA) is 99.1 Å². The molecule has 0 aromatic carbocycles. The van der Waals surface area contributed by atoms with Crippen molar-refractivity contribution in [3.8, 4) is 0 Å². The second-order valence-electron chi connectivity index (χ2n) is 14.2. The van der Waals surface area contributed by atoms with Crippen LogP contribution in [0.4, 0.5) is 0 Å². The molecule has 8 nitrogen and oxygen atoms in total. The van der Waals surface area contributed by atoms with E-state index in [9.17, 15) is 19.5 Å². The van der Waals surface area contributed by atoms with Crippen LogP contribution in [0.2, 0.25) is 0 Å². The van der Waals surface area contributed by atoms with Gasteiger partial charge in [-0.3, -0.25) is 9.59 Å². The van der Waals surface area contributed by atoms with Crippen molar-refractivity contribution in [3.05, 3.63) is 24.3 Å². The monoisotopic (exact) mass is 681 g/mol. The molecule has 1 N–H and O–H groups in total. The van der Waals surface area contributed by atoms with Crippen LogP contribution >= 0.6 is 0 Å². The summed E-state index contributed by atoms with van der Waals surface area (Å²) in [7, 11) is 5.51.